The van der Waals surface area contributed by atoms with Gasteiger partial charge in [-0.05, 0) is 42.8 Å². The van der Waals surface area contributed by atoms with Crippen LogP contribution in [0.3, 0.4) is 0 Å². The van der Waals surface area contributed by atoms with Crippen molar-refractivity contribution < 1.29 is 29.0 Å². The molecule has 0 spiro atoms. The topological polar surface area (TPSA) is 89.9 Å². The third-order valence-corrected chi connectivity index (χ3v) is 4.30. The smallest absolute Gasteiger partial charge is 0.338 e. The highest BCUT2D eigenvalue weighted by molar-refractivity contribution is 6.12. The quantitative estimate of drug-likeness (QED) is 0.470. The van der Waals surface area contributed by atoms with Gasteiger partial charge in [-0.1, -0.05) is 42.5 Å². The molecule has 0 saturated heterocycles. The molecule has 0 amide bonds. The van der Waals surface area contributed by atoms with Gasteiger partial charge in [-0.2, -0.15) is 0 Å². The van der Waals surface area contributed by atoms with Gasteiger partial charge in [0.25, 0.3) is 0 Å². The molecule has 3 rings (SSSR count). The fourth-order valence-corrected chi connectivity index (χ4v) is 2.84. The van der Waals surface area contributed by atoms with Crippen LogP contribution in [0.25, 0.3) is 0 Å². The van der Waals surface area contributed by atoms with Crippen molar-refractivity contribution in [1.29, 1.82) is 0 Å². The van der Waals surface area contributed by atoms with Gasteiger partial charge in [0.1, 0.15) is 12.4 Å². The third-order valence-electron chi connectivity index (χ3n) is 4.30. The zero-order chi connectivity index (χ0) is 21.5. The van der Waals surface area contributed by atoms with Crippen LogP contribution in [-0.4, -0.2) is 29.4 Å². The maximum Gasteiger partial charge on any atom is 0.338 e. The molecule has 0 aromatic heterocycles. The Kier molecular flexibility index (Phi) is 6.60. The van der Waals surface area contributed by atoms with Crippen molar-refractivity contribution in [2.75, 3.05) is 6.61 Å². The van der Waals surface area contributed by atoms with Crippen LogP contribution < -0.4 is 0 Å². The fourth-order valence-electron chi connectivity index (χ4n) is 2.84. The number of carbonyl (C=O) groups is 3. The Bertz CT molecular complexity index is 1070. The van der Waals surface area contributed by atoms with E-state index in [4.69, 9.17) is 9.47 Å². The van der Waals surface area contributed by atoms with Gasteiger partial charge in [0, 0.05) is 5.56 Å². The van der Waals surface area contributed by atoms with Crippen molar-refractivity contribution in [3.05, 3.63) is 101 Å². The second-order valence-electron chi connectivity index (χ2n) is 6.43. The maximum absolute atomic E-state index is 12.9. The van der Waals surface area contributed by atoms with E-state index in [1.165, 1.54) is 30.3 Å². The molecular weight excluding hydrogens is 384 g/mol. The number of ketones is 1. The Hall–Kier alpha value is -3.93. The van der Waals surface area contributed by atoms with E-state index in [-0.39, 0.29) is 41.2 Å². The number of para-hydroxylation sites is 1. The minimum Gasteiger partial charge on any atom is -0.507 e. The number of hydrogen-bond acceptors (Lipinski definition) is 6. The van der Waals surface area contributed by atoms with E-state index in [0.29, 0.717) is 0 Å². The predicted molar refractivity (Wildman–Crippen MR) is 109 cm³/mol. The lowest BCUT2D eigenvalue weighted by Crippen LogP contribution is -2.12. The van der Waals surface area contributed by atoms with Gasteiger partial charge in [0.05, 0.1) is 23.3 Å². The Morgan fingerprint density at radius 2 is 1.33 bits per heavy atom. The summed E-state index contributed by atoms with van der Waals surface area (Å²) >= 11 is 0. The summed E-state index contributed by atoms with van der Waals surface area (Å²) in [4.78, 5) is 37.7. The predicted octanol–water partition coefficient (Wildman–Crippen LogP) is 4.16. The van der Waals surface area contributed by atoms with Gasteiger partial charge < -0.3 is 14.6 Å². The summed E-state index contributed by atoms with van der Waals surface area (Å²) in [5.74, 6) is -2.08. The monoisotopic (exact) mass is 404 g/mol. The van der Waals surface area contributed by atoms with Crippen molar-refractivity contribution in [3.8, 4) is 5.75 Å². The lowest BCUT2D eigenvalue weighted by molar-refractivity contribution is 0.0472. The van der Waals surface area contributed by atoms with Crippen molar-refractivity contribution in [2.45, 2.75) is 13.5 Å². The van der Waals surface area contributed by atoms with E-state index in [9.17, 15) is 19.5 Å². The van der Waals surface area contributed by atoms with Gasteiger partial charge in [-0.3, -0.25) is 4.79 Å². The third kappa shape index (κ3) is 4.91. The molecule has 0 unspecified atom stereocenters. The molecular formula is C24H20O6. The van der Waals surface area contributed by atoms with E-state index in [1.54, 1.807) is 19.1 Å². The molecule has 0 bridgehead atoms. The molecule has 30 heavy (non-hydrogen) atoms. The molecule has 0 fully saturated rings. The average molecular weight is 404 g/mol. The minimum atomic E-state index is -0.684. The molecule has 0 aliphatic rings. The maximum atomic E-state index is 12.9. The molecule has 0 atom stereocenters. The number of esters is 2. The first kappa shape index (κ1) is 20.8. The largest absolute Gasteiger partial charge is 0.507 e. The zero-order valence-corrected chi connectivity index (χ0v) is 16.3. The van der Waals surface area contributed by atoms with Crippen LogP contribution in [0.5, 0.6) is 5.75 Å². The highest BCUT2D eigenvalue weighted by atomic mass is 16.5. The number of phenolic OH excluding ortho intramolecular Hbond substituents is 1. The Labute approximate surface area is 173 Å². The van der Waals surface area contributed by atoms with Crippen LogP contribution in [0.1, 0.15) is 49.1 Å². The molecule has 6 heteroatoms. The van der Waals surface area contributed by atoms with Crippen LogP contribution in [0, 0.1) is 0 Å². The van der Waals surface area contributed by atoms with Crippen molar-refractivity contribution in [1.82, 2.24) is 0 Å². The number of phenols is 1. The van der Waals surface area contributed by atoms with Gasteiger partial charge in [-0.15, -0.1) is 0 Å². The molecule has 0 radical (unpaired) electrons. The second-order valence-corrected chi connectivity index (χ2v) is 6.43. The molecule has 0 aliphatic heterocycles. The molecule has 1 N–H and O–H groups in total. The van der Waals surface area contributed by atoms with Crippen LogP contribution in [0.2, 0.25) is 0 Å². The van der Waals surface area contributed by atoms with Crippen LogP contribution in [0.4, 0.5) is 0 Å². The van der Waals surface area contributed by atoms with E-state index in [0.717, 1.165) is 5.56 Å². The van der Waals surface area contributed by atoms with Crippen LogP contribution in [-0.2, 0) is 16.1 Å². The van der Waals surface area contributed by atoms with E-state index in [1.807, 2.05) is 30.3 Å². The van der Waals surface area contributed by atoms with Gasteiger partial charge in [0.2, 0.25) is 0 Å². The average Bonchev–Trinajstić information content (AvgIpc) is 2.78. The summed E-state index contributed by atoms with van der Waals surface area (Å²) in [5, 5.41) is 9.99. The minimum absolute atomic E-state index is 0.0373. The second kappa shape index (κ2) is 9.52. The SMILES string of the molecule is CCOC(=O)c1cc(C(=O)OCc2ccccc2)cc(C(=O)c2ccccc2O)c1. The number of carbonyl (C=O) groups excluding carboxylic acids is 3. The first-order valence-corrected chi connectivity index (χ1v) is 9.35. The summed E-state index contributed by atoms with van der Waals surface area (Å²) in [5.41, 5.74) is 1.01. The highest BCUT2D eigenvalue weighted by Crippen LogP contribution is 2.22. The van der Waals surface area contributed by atoms with Crippen molar-refractivity contribution in [2.24, 2.45) is 0 Å². The number of rotatable bonds is 7. The van der Waals surface area contributed by atoms with Gasteiger partial charge >= 0.3 is 11.9 Å². The summed E-state index contributed by atoms with van der Waals surface area (Å²) in [6, 6.07) is 19.2. The first-order chi connectivity index (χ1) is 14.5. The molecule has 0 saturated carbocycles. The summed E-state index contributed by atoms with van der Waals surface area (Å²) in [6.45, 7) is 1.85. The lowest BCUT2D eigenvalue weighted by atomic mass is 9.98. The number of hydrogen-bond donors (Lipinski definition) is 1. The molecule has 3 aromatic carbocycles. The van der Waals surface area contributed by atoms with Crippen molar-refractivity contribution in [3.63, 3.8) is 0 Å². The molecule has 0 aliphatic carbocycles. The summed E-state index contributed by atoms with van der Waals surface area (Å²) in [6.07, 6.45) is 0. The Morgan fingerprint density at radius 3 is 1.97 bits per heavy atom. The number of ether oxygens (including phenoxy) is 2. The molecule has 0 heterocycles. The van der Waals surface area contributed by atoms with Crippen LogP contribution >= 0.6 is 0 Å². The van der Waals surface area contributed by atoms with Crippen LogP contribution in [0.15, 0.2) is 72.8 Å². The first-order valence-electron chi connectivity index (χ1n) is 9.35. The Morgan fingerprint density at radius 1 is 0.767 bits per heavy atom. The van der Waals surface area contributed by atoms with E-state index >= 15 is 0 Å². The standard InChI is InChI=1S/C24H20O6/c1-2-29-23(27)18-12-17(22(26)20-10-6-7-11-21(20)25)13-19(14-18)24(28)30-15-16-8-4-3-5-9-16/h3-14,25H,2,15H2,1H3. The lowest BCUT2D eigenvalue weighted by Gasteiger charge is -2.10. The van der Waals surface area contributed by atoms with Gasteiger partial charge in [0.15, 0.2) is 5.78 Å². The fraction of sp³-hybridized carbons (Fsp3) is 0.125. The molecule has 152 valence electrons. The number of benzene rings is 3. The normalized spacial score (nSPS) is 10.3. The van der Waals surface area contributed by atoms with Gasteiger partial charge in [-0.25, -0.2) is 9.59 Å². The molecule has 6 nitrogen and oxygen atoms in total. The van der Waals surface area contributed by atoms with E-state index < -0.39 is 17.7 Å². The summed E-state index contributed by atoms with van der Waals surface area (Å²) < 4.78 is 10.3. The number of aromatic hydroxyl groups is 1. The zero-order valence-electron chi connectivity index (χ0n) is 16.3. The Balaban J connectivity index is 1.93. The van der Waals surface area contributed by atoms with E-state index in [2.05, 4.69) is 0 Å². The summed E-state index contributed by atoms with van der Waals surface area (Å²) in [7, 11) is 0. The highest BCUT2D eigenvalue weighted by Gasteiger charge is 2.20. The van der Waals surface area contributed by atoms with Crippen molar-refractivity contribution >= 4 is 17.7 Å². The molecule has 3 aromatic rings.